The van der Waals surface area contributed by atoms with Gasteiger partial charge in [0.15, 0.2) is 0 Å². The molecule has 2 aromatic carbocycles. The molecule has 1 atom stereocenters. The average molecular weight is 409 g/mol. The fraction of sp³-hybridized carbons (Fsp3) is 0.222. The summed E-state index contributed by atoms with van der Waals surface area (Å²) in [5.74, 6) is -2.32. The highest BCUT2D eigenvalue weighted by molar-refractivity contribution is 7.89. The second-order valence-corrected chi connectivity index (χ2v) is 7.61. The third-order valence-electron chi connectivity index (χ3n) is 4.05. The van der Waals surface area contributed by atoms with Gasteiger partial charge in [0, 0.05) is 6.54 Å². The van der Waals surface area contributed by atoms with Gasteiger partial charge < -0.3 is 15.8 Å². The van der Waals surface area contributed by atoms with Crippen LogP contribution in [0.5, 0.6) is 5.75 Å². The molecule has 8 nitrogen and oxygen atoms in total. The van der Waals surface area contributed by atoms with E-state index in [-0.39, 0.29) is 29.2 Å². The van der Waals surface area contributed by atoms with Crippen molar-refractivity contribution in [3.63, 3.8) is 0 Å². The summed E-state index contributed by atoms with van der Waals surface area (Å²) in [6, 6.07) is 9.16. The Hall–Kier alpha value is -2.98. The van der Waals surface area contributed by atoms with E-state index in [9.17, 15) is 22.4 Å². The molecule has 0 saturated carbocycles. The van der Waals surface area contributed by atoms with Crippen LogP contribution in [0.3, 0.4) is 0 Å². The van der Waals surface area contributed by atoms with E-state index in [0.717, 1.165) is 6.07 Å². The van der Waals surface area contributed by atoms with E-state index >= 15 is 0 Å². The van der Waals surface area contributed by atoms with Gasteiger partial charge in [-0.05, 0) is 42.3 Å². The van der Waals surface area contributed by atoms with E-state index in [0.29, 0.717) is 5.56 Å². The molecule has 150 valence electrons. The third kappa shape index (κ3) is 5.51. The second-order valence-electron chi connectivity index (χ2n) is 6.05. The van der Waals surface area contributed by atoms with E-state index in [4.69, 9.17) is 15.6 Å². The molecule has 1 unspecified atom stereocenters. The molecular weight excluding hydrogens is 389 g/mol. The summed E-state index contributed by atoms with van der Waals surface area (Å²) in [5.41, 5.74) is 6.01. The lowest BCUT2D eigenvalue weighted by atomic mass is 9.98. The van der Waals surface area contributed by atoms with Crippen molar-refractivity contribution in [3.05, 3.63) is 59.4 Å². The molecule has 0 bridgehead atoms. The maximum Gasteiger partial charge on any atom is 0.255 e. The van der Waals surface area contributed by atoms with Crippen molar-refractivity contribution < 1.29 is 27.1 Å². The zero-order chi connectivity index (χ0) is 20.9. The van der Waals surface area contributed by atoms with Crippen LogP contribution in [-0.2, 0) is 21.2 Å². The molecule has 0 aliphatic heterocycles. The topological polar surface area (TPSA) is 142 Å². The minimum Gasteiger partial charge on any atom is -0.496 e. The van der Waals surface area contributed by atoms with Crippen LogP contribution in [0.15, 0.2) is 47.4 Å². The van der Waals surface area contributed by atoms with Gasteiger partial charge in [0.25, 0.3) is 5.91 Å². The number of primary amides is 1. The number of ether oxygens (including phenoxy) is 1. The number of sulfonamides is 1. The van der Waals surface area contributed by atoms with Crippen LogP contribution < -0.4 is 20.9 Å². The Morgan fingerprint density at radius 2 is 1.82 bits per heavy atom. The molecule has 0 saturated heterocycles. The number of primary sulfonamides is 1. The van der Waals surface area contributed by atoms with Crippen molar-refractivity contribution in [1.82, 2.24) is 5.32 Å². The molecule has 28 heavy (non-hydrogen) atoms. The van der Waals surface area contributed by atoms with E-state index in [1.807, 2.05) is 0 Å². The van der Waals surface area contributed by atoms with Crippen LogP contribution in [0.4, 0.5) is 4.39 Å². The smallest absolute Gasteiger partial charge is 0.255 e. The zero-order valence-electron chi connectivity index (χ0n) is 15.0. The molecule has 0 aromatic heterocycles. The van der Waals surface area contributed by atoms with Crippen LogP contribution in [-0.4, -0.2) is 33.9 Å². The number of carbonyl (C=O) groups excluding carboxylic acids is 2. The van der Waals surface area contributed by atoms with Crippen molar-refractivity contribution in [2.75, 3.05) is 13.7 Å². The number of nitrogens with one attached hydrogen (secondary N) is 1. The second kappa shape index (κ2) is 8.81. The highest BCUT2D eigenvalue weighted by atomic mass is 32.2. The summed E-state index contributed by atoms with van der Waals surface area (Å²) in [7, 11) is -2.69. The Morgan fingerprint density at radius 1 is 1.18 bits per heavy atom. The lowest BCUT2D eigenvalue weighted by Gasteiger charge is -2.16. The number of nitrogens with two attached hydrogens (primary N) is 2. The molecule has 2 aromatic rings. The van der Waals surface area contributed by atoms with Gasteiger partial charge in [-0.15, -0.1) is 0 Å². The lowest BCUT2D eigenvalue weighted by Crippen LogP contribution is -2.37. The largest absolute Gasteiger partial charge is 0.496 e. The third-order valence-corrected chi connectivity index (χ3v) is 4.96. The van der Waals surface area contributed by atoms with Crippen LogP contribution >= 0.6 is 0 Å². The molecule has 0 fully saturated rings. The molecule has 2 amide bonds. The number of amides is 2. The molecule has 0 spiro atoms. The van der Waals surface area contributed by atoms with Crippen molar-refractivity contribution in [3.8, 4) is 5.75 Å². The van der Waals surface area contributed by atoms with Crippen molar-refractivity contribution >= 4 is 21.8 Å². The summed E-state index contributed by atoms with van der Waals surface area (Å²) in [4.78, 5) is 24.0. The fourth-order valence-corrected chi connectivity index (χ4v) is 3.07. The van der Waals surface area contributed by atoms with Gasteiger partial charge in [0.05, 0.1) is 23.5 Å². The zero-order valence-corrected chi connectivity index (χ0v) is 15.8. The van der Waals surface area contributed by atoms with Crippen LogP contribution in [0.2, 0.25) is 0 Å². The van der Waals surface area contributed by atoms with E-state index < -0.39 is 33.6 Å². The molecule has 0 aliphatic rings. The summed E-state index contributed by atoms with van der Waals surface area (Å²) in [6.45, 7) is -0.103. The SMILES string of the molecule is COc1ccc(S(N)(=O)=O)cc1C(=O)NCC(Cc1ccc(F)cc1)C(N)=O. The summed E-state index contributed by atoms with van der Waals surface area (Å²) < 4.78 is 41.1. The van der Waals surface area contributed by atoms with Crippen molar-refractivity contribution in [2.24, 2.45) is 16.8 Å². The molecule has 2 rings (SSSR count). The first-order valence-corrected chi connectivity index (χ1v) is 9.69. The Labute approximate surface area is 161 Å². The number of carbonyl (C=O) groups is 2. The standard InChI is InChI=1S/C18H20FN3O5S/c1-27-16-7-6-14(28(21,25)26)9-15(16)18(24)22-10-12(17(20)23)8-11-2-4-13(19)5-3-11/h2-7,9,12H,8,10H2,1H3,(H2,20,23)(H,22,24)(H2,21,25,26). The summed E-state index contributed by atoms with van der Waals surface area (Å²) >= 11 is 0. The molecule has 0 aliphatic carbocycles. The summed E-state index contributed by atoms with van der Waals surface area (Å²) in [5, 5.41) is 7.62. The van der Waals surface area contributed by atoms with Crippen molar-refractivity contribution in [2.45, 2.75) is 11.3 Å². The number of halogens is 1. The van der Waals surface area contributed by atoms with Crippen LogP contribution in [0, 0.1) is 11.7 Å². The first-order chi connectivity index (χ1) is 13.1. The van der Waals surface area contributed by atoms with Gasteiger partial charge in [0.2, 0.25) is 15.9 Å². The molecular formula is C18H20FN3O5S. The Morgan fingerprint density at radius 3 is 2.36 bits per heavy atom. The maximum atomic E-state index is 13.0. The Bertz CT molecular complexity index is 977. The molecule has 0 radical (unpaired) electrons. The first kappa shape index (κ1) is 21.3. The fourth-order valence-electron chi connectivity index (χ4n) is 2.53. The number of hydrogen-bond donors (Lipinski definition) is 3. The first-order valence-electron chi connectivity index (χ1n) is 8.14. The van der Waals surface area contributed by atoms with E-state index in [1.54, 1.807) is 0 Å². The highest BCUT2D eigenvalue weighted by Crippen LogP contribution is 2.22. The van der Waals surface area contributed by atoms with Gasteiger partial charge >= 0.3 is 0 Å². The molecule has 5 N–H and O–H groups in total. The highest BCUT2D eigenvalue weighted by Gasteiger charge is 2.21. The minimum absolute atomic E-state index is 0.0565. The number of hydrogen-bond acceptors (Lipinski definition) is 5. The Kier molecular flexibility index (Phi) is 6.71. The number of methoxy groups -OCH3 is 1. The number of benzene rings is 2. The predicted molar refractivity (Wildman–Crippen MR) is 99.5 cm³/mol. The van der Waals surface area contributed by atoms with Crippen LogP contribution in [0.25, 0.3) is 0 Å². The lowest BCUT2D eigenvalue weighted by molar-refractivity contribution is -0.121. The maximum absolute atomic E-state index is 13.0. The van der Waals surface area contributed by atoms with Gasteiger partial charge in [-0.2, -0.15) is 0 Å². The van der Waals surface area contributed by atoms with E-state index in [2.05, 4.69) is 5.32 Å². The van der Waals surface area contributed by atoms with Gasteiger partial charge in [0.1, 0.15) is 11.6 Å². The van der Waals surface area contributed by atoms with Crippen LogP contribution in [0.1, 0.15) is 15.9 Å². The Balaban J connectivity index is 2.16. The predicted octanol–water partition coefficient (Wildman–Crippen LogP) is 0.556. The average Bonchev–Trinajstić information content (AvgIpc) is 2.64. The quantitative estimate of drug-likeness (QED) is 0.584. The van der Waals surface area contributed by atoms with Gasteiger partial charge in [-0.3, -0.25) is 9.59 Å². The van der Waals surface area contributed by atoms with Gasteiger partial charge in [-0.1, -0.05) is 12.1 Å². The van der Waals surface area contributed by atoms with Crippen molar-refractivity contribution in [1.29, 1.82) is 0 Å². The summed E-state index contributed by atoms with van der Waals surface area (Å²) in [6.07, 6.45) is 0.199. The molecule has 0 heterocycles. The minimum atomic E-state index is -4.01. The monoisotopic (exact) mass is 409 g/mol. The van der Waals surface area contributed by atoms with Gasteiger partial charge in [-0.25, -0.2) is 17.9 Å². The number of rotatable bonds is 8. The van der Waals surface area contributed by atoms with E-state index in [1.165, 1.54) is 43.5 Å². The molecule has 10 heteroatoms. The normalized spacial score (nSPS) is 12.2.